The van der Waals surface area contributed by atoms with Crippen LogP contribution < -0.4 is 0 Å². The molecule has 26 heavy (non-hydrogen) atoms. The number of para-hydroxylation sites is 1. The summed E-state index contributed by atoms with van der Waals surface area (Å²) in [4.78, 5) is 2.41. The minimum atomic E-state index is 1.01. The molecule has 2 aromatic carbocycles. The maximum atomic E-state index is 4.15. The van der Waals surface area contributed by atoms with Crippen LogP contribution in [-0.4, -0.2) is 33.3 Å². The lowest BCUT2D eigenvalue weighted by molar-refractivity contribution is 0.311. The molecule has 4 heteroatoms. The van der Waals surface area contributed by atoms with Crippen LogP contribution in [0.3, 0.4) is 0 Å². The van der Waals surface area contributed by atoms with E-state index in [2.05, 4.69) is 76.1 Å². The third-order valence-corrected chi connectivity index (χ3v) is 5.45. The van der Waals surface area contributed by atoms with Crippen molar-refractivity contribution < 1.29 is 0 Å². The molecule has 1 aliphatic heterocycles. The predicted molar refractivity (Wildman–Crippen MR) is 106 cm³/mol. The number of H-pyrrole nitrogens is 1. The summed E-state index contributed by atoms with van der Waals surface area (Å²) in [5.74, 6) is 0. The number of rotatable bonds is 2. The lowest BCUT2D eigenvalue weighted by Crippen LogP contribution is -2.27. The van der Waals surface area contributed by atoms with Crippen LogP contribution >= 0.6 is 0 Å². The SMILES string of the molecule is Cc1ccc2c(c1)c1c(n2-c2ccccc2-c2cn[nH]c2)CCN(C)C1. The van der Waals surface area contributed by atoms with Crippen LogP contribution in [0.2, 0.25) is 0 Å². The fourth-order valence-electron chi connectivity index (χ4n) is 4.19. The fraction of sp³-hybridized carbons (Fsp3) is 0.227. The van der Waals surface area contributed by atoms with Crippen molar-refractivity contribution in [1.82, 2.24) is 19.7 Å². The minimum Gasteiger partial charge on any atom is -0.313 e. The van der Waals surface area contributed by atoms with E-state index < -0.39 is 0 Å². The van der Waals surface area contributed by atoms with Gasteiger partial charge >= 0.3 is 0 Å². The Morgan fingerprint density at radius 3 is 2.85 bits per heavy atom. The summed E-state index contributed by atoms with van der Waals surface area (Å²) in [5.41, 5.74) is 9.09. The third kappa shape index (κ3) is 2.30. The van der Waals surface area contributed by atoms with Crippen molar-refractivity contribution in [3.63, 3.8) is 0 Å². The summed E-state index contributed by atoms with van der Waals surface area (Å²) in [7, 11) is 2.21. The van der Waals surface area contributed by atoms with E-state index in [-0.39, 0.29) is 0 Å². The number of nitrogens with zero attached hydrogens (tertiary/aromatic N) is 3. The van der Waals surface area contributed by atoms with Crippen LogP contribution in [0.5, 0.6) is 0 Å². The molecule has 4 nitrogen and oxygen atoms in total. The van der Waals surface area contributed by atoms with Crippen LogP contribution in [0, 0.1) is 6.92 Å². The third-order valence-electron chi connectivity index (χ3n) is 5.45. The van der Waals surface area contributed by atoms with Crippen LogP contribution in [0.4, 0.5) is 0 Å². The zero-order chi connectivity index (χ0) is 17.7. The number of aryl methyl sites for hydroxylation is 1. The molecular weight excluding hydrogens is 320 g/mol. The molecule has 5 rings (SSSR count). The highest BCUT2D eigenvalue weighted by Gasteiger charge is 2.24. The van der Waals surface area contributed by atoms with Gasteiger partial charge in [-0.25, -0.2) is 0 Å². The smallest absolute Gasteiger partial charge is 0.0566 e. The van der Waals surface area contributed by atoms with Gasteiger partial charge in [0.05, 0.1) is 17.4 Å². The lowest BCUT2D eigenvalue weighted by atomic mass is 10.0. The molecule has 0 unspecified atom stereocenters. The molecule has 130 valence electrons. The largest absolute Gasteiger partial charge is 0.313 e. The highest BCUT2D eigenvalue weighted by molar-refractivity contribution is 5.90. The van der Waals surface area contributed by atoms with E-state index in [1.165, 1.54) is 39.0 Å². The number of hydrogen-bond donors (Lipinski definition) is 1. The summed E-state index contributed by atoms with van der Waals surface area (Å²) >= 11 is 0. The van der Waals surface area contributed by atoms with Gasteiger partial charge in [-0.05, 0) is 37.7 Å². The quantitative estimate of drug-likeness (QED) is 0.589. The molecule has 4 aromatic rings. The van der Waals surface area contributed by atoms with Gasteiger partial charge in [-0.2, -0.15) is 5.10 Å². The Morgan fingerprint density at radius 1 is 1.12 bits per heavy atom. The molecule has 0 amide bonds. The topological polar surface area (TPSA) is 36.9 Å². The number of likely N-dealkylation sites (N-methyl/N-ethyl adjacent to an activating group) is 1. The van der Waals surface area contributed by atoms with Crippen molar-refractivity contribution in [3.8, 4) is 16.8 Å². The zero-order valence-electron chi connectivity index (χ0n) is 15.2. The van der Waals surface area contributed by atoms with E-state index >= 15 is 0 Å². The molecule has 0 saturated heterocycles. The monoisotopic (exact) mass is 342 g/mol. The van der Waals surface area contributed by atoms with Crippen LogP contribution in [0.25, 0.3) is 27.7 Å². The van der Waals surface area contributed by atoms with Gasteiger partial charge in [0.15, 0.2) is 0 Å². The number of nitrogens with one attached hydrogen (secondary N) is 1. The lowest BCUT2D eigenvalue weighted by Gasteiger charge is -2.24. The van der Waals surface area contributed by atoms with Crippen molar-refractivity contribution in [2.75, 3.05) is 13.6 Å². The molecule has 3 heterocycles. The Labute approximate surface area is 153 Å². The highest BCUT2D eigenvalue weighted by atomic mass is 15.1. The Bertz CT molecular complexity index is 1090. The second-order valence-electron chi connectivity index (χ2n) is 7.27. The molecular formula is C22H22N4. The van der Waals surface area contributed by atoms with Crippen molar-refractivity contribution in [3.05, 3.63) is 71.7 Å². The second kappa shape index (κ2) is 5.85. The average Bonchev–Trinajstić information content (AvgIpc) is 3.28. The van der Waals surface area contributed by atoms with Gasteiger partial charge in [0.2, 0.25) is 0 Å². The molecule has 0 atom stereocenters. The highest BCUT2D eigenvalue weighted by Crippen LogP contribution is 2.36. The molecule has 0 fully saturated rings. The van der Waals surface area contributed by atoms with Crippen molar-refractivity contribution in [2.45, 2.75) is 19.9 Å². The van der Waals surface area contributed by atoms with E-state index in [9.17, 15) is 0 Å². The molecule has 0 bridgehead atoms. The average molecular weight is 342 g/mol. The van der Waals surface area contributed by atoms with Crippen LogP contribution in [0.15, 0.2) is 54.9 Å². The molecule has 1 aliphatic rings. The summed E-state index contributed by atoms with van der Waals surface area (Å²) < 4.78 is 2.47. The van der Waals surface area contributed by atoms with Crippen LogP contribution in [0.1, 0.15) is 16.8 Å². The molecule has 0 spiro atoms. The number of aromatic nitrogens is 3. The van der Waals surface area contributed by atoms with E-state index in [4.69, 9.17) is 0 Å². The minimum absolute atomic E-state index is 1.01. The molecule has 0 radical (unpaired) electrons. The maximum Gasteiger partial charge on any atom is 0.0566 e. The second-order valence-corrected chi connectivity index (χ2v) is 7.27. The number of aromatic amines is 1. The number of hydrogen-bond acceptors (Lipinski definition) is 2. The zero-order valence-corrected chi connectivity index (χ0v) is 15.2. The first-order valence-corrected chi connectivity index (χ1v) is 9.12. The van der Waals surface area contributed by atoms with Gasteiger partial charge in [0, 0.05) is 47.9 Å². The Balaban J connectivity index is 1.84. The van der Waals surface area contributed by atoms with Crippen molar-refractivity contribution >= 4 is 10.9 Å². The van der Waals surface area contributed by atoms with Crippen molar-refractivity contribution in [1.29, 1.82) is 0 Å². The first-order chi connectivity index (χ1) is 12.7. The molecule has 0 saturated carbocycles. The fourth-order valence-corrected chi connectivity index (χ4v) is 4.19. The molecule has 1 N–H and O–H groups in total. The van der Waals surface area contributed by atoms with Gasteiger partial charge in [0.1, 0.15) is 0 Å². The molecule has 2 aromatic heterocycles. The van der Waals surface area contributed by atoms with Gasteiger partial charge in [0.25, 0.3) is 0 Å². The van der Waals surface area contributed by atoms with Crippen LogP contribution in [-0.2, 0) is 13.0 Å². The van der Waals surface area contributed by atoms with Gasteiger partial charge in [-0.3, -0.25) is 5.10 Å². The van der Waals surface area contributed by atoms with Crippen molar-refractivity contribution in [2.24, 2.45) is 0 Å². The summed E-state index contributed by atoms with van der Waals surface area (Å²) in [6.07, 6.45) is 4.93. The van der Waals surface area contributed by atoms with E-state index in [0.717, 1.165) is 25.1 Å². The van der Waals surface area contributed by atoms with Gasteiger partial charge in [-0.15, -0.1) is 0 Å². The summed E-state index contributed by atoms with van der Waals surface area (Å²) in [6, 6.07) is 15.5. The van der Waals surface area contributed by atoms with E-state index in [1.807, 2.05) is 12.4 Å². The van der Waals surface area contributed by atoms with E-state index in [1.54, 1.807) is 0 Å². The van der Waals surface area contributed by atoms with Gasteiger partial charge in [-0.1, -0.05) is 29.8 Å². The standard InChI is InChI=1S/C22H22N4/c1-15-7-8-21-18(11-15)19-14-25(2)10-9-22(19)26(21)20-6-4-3-5-17(20)16-12-23-24-13-16/h3-8,11-13H,9-10,14H2,1-2H3,(H,23,24). The first-order valence-electron chi connectivity index (χ1n) is 9.12. The maximum absolute atomic E-state index is 4.15. The normalized spacial score (nSPS) is 14.7. The number of fused-ring (bicyclic) bond motifs is 3. The molecule has 0 aliphatic carbocycles. The van der Waals surface area contributed by atoms with E-state index in [0.29, 0.717) is 0 Å². The Kier molecular flexibility index (Phi) is 3.47. The summed E-state index contributed by atoms with van der Waals surface area (Å²) in [5, 5.41) is 8.48. The van der Waals surface area contributed by atoms with Gasteiger partial charge < -0.3 is 9.47 Å². The summed E-state index contributed by atoms with van der Waals surface area (Å²) in [6.45, 7) is 4.28. The predicted octanol–water partition coefficient (Wildman–Crippen LogP) is 4.32. The number of benzene rings is 2. The Morgan fingerprint density at radius 2 is 2.00 bits per heavy atom. The Hall–Kier alpha value is -2.85. The first kappa shape index (κ1) is 15.4.